The van der Waals surface area contributed by atoms with Gasteiger partial charge in [0.15, 0.2) is 5.17 Å². The summed E-state index contributed by atoms with van der Waals surface area (Å²) in [5.74, 6) is 1.19. The Bertz CT molecular complexity index is 288. The van der Waals surface area contributed by atoms with E-state index in [9.17, 15) is 0 Å². The van der Waals surface area contributed by atoms with Gasteiger partial charge in [-0.3, -0.25) is 4.99 Å². The third-order valence-electron chi connectivity index (χ3n) is 4.42. The van der Waals surface area contributed by atoms with E-state index in [0.29, 0.717) is 10.3 Å². The van der Waals surface area contributed by atoms with Gasteiger partial charge >= 0.3 is 0 Å². The molecule has 0 amide bonds. The first-order chi connectivity index (χ1) is 8.17. The third kappa shape index (κ3) is 2.78. The minimum absolute atomic E-state index is 0.315. The Morgan fingerprint density at radius 1 is 1.35 bits per heavy atom. The van der Waals surface area contributed by atoms with Crippen molar-refractivity contribution in [3.63, 3.8) is 0 Å². The lowest BCUT2D eigenvalue weighted by molar-refractivity contribution is 0.371. The topological polar surface area (TPSA) is 24.4 Å². The van der Waals surface area contributed by atoms with Crippen LogP contribution in [0.5, 0.6) is 0 Å². The van der Waals surface area contributed by atoms with Crippen LogP contribution in [0.2, 0.25) is 0 Å². The van der Waals surface area contributed by atoms with E-state index in [4.69, 9.17) is 4.99 Å². The van der Waals surface area contributed by atoms with Gasteiger partial charge in [-0.2, -0.15) is 11.8 Å². The van der Waals surface area contributed by atoms with Crippen molar-refractivity contribution in [3.05, 3.63) is 0 Å². The summed E-state index contributed by atoms with van der Waals surface area (Å²) in [6.45, 7) is 5.55. The highest BCUT2D eigenvalue weighted by Crippen LogP contribution is 2.43. The molecule has 4 heteroatoms. The number of hydrogen-bond donors (Lipinski definition) is 1. The summed E-state index contributed by atoms with van der Waals surface area (Å²) in [5, 5.41) is 4.84. The fourth-order valence-corrected chi connectivity index (χ4v) is 4.66. The zero-order chi connectivity index (χ0) is 12.4. The highest BCUT2D eigenvalue weighted by atomic mass is 32.2. The Kier molecular flexibility index (Phi) is 4.35. The molecule has 0 spiro atoms. The minimum Gasteiger partial charge on any atom is -0.359 e. The Morgan fingerprint density at radius 2 is 2.06 bits per heavy atom. The second-order valence-electron chi connectivity index (χ2n) is 5.26. The van der Waals surface area contributed by atoms with Crippen molar-refractivity contribution in [1.82, 2.24) is 5.32 Å². The quantitative estimate of drug-likeness (QED) is 0.828. The first-order valence-electron chi connectivity index (χ1n) is 6.68. The van der Waals surface area contributed by atoms with Crippen molar-refractivity contribution in [2.45, 2.75) is 56.2 Å². The highest BCUT2D eigenvalue weighted by Gasteiger charge is 2.37. The van der Waals surface area contributed by atoms with Crippen molar-refractivity contribution in [3.8, 4) is 0 Å². The van der Waals surface area contributed by atoms with Gasteiger partial charge in [0.1, 0.15) is 0 Å². The molecule has 1 saturated carbocycles. The molecule has 1 aliphatic heterocycles. The number of rotatable bonds is 5. The Balaban J connectivity index is 1.91. The third-order valence-corrected chi connectivity index (χ3v) is 7.02. The maximum atomic E-state index is 4.83. The molecule has 98 valence electrons. The van der Waals surface area contributed by atoms with Crippen molar-refractivity contribution in [2.24, 2.45) is 4.99 Å². The molecule has 2 fully saturated rings. The largest absolute Gasteiger partial charge is 0.359 e. The average Bonchev–Trinajstić information content (AvgIpc) is 2.73. The molecule has 1 saturated heterocycles. The van der Waals surface area contributed by atoms with Crippen molar-refractivity contribution in [2.75, 3.05) is 18.6 Å². The van der Waals surface area contributed by atoms with Crippen molar-refractivity contribution < 1.29 is 0 Å². The van der Waals surface area contributed by atoms with E-state index < -0.39 is 0 Å². The number of amidine groups is 1. The van der Waals surface area contributed by atoms with E-state index >= 15 is 0 Å². The minimum atomic E-state index is 0.315. The summed E-state index contributed by atoms with van der Waals surface area (Å²) in [5.41, 5.74) is 0.315. The second kappa shape index (κ2) is 5.43. The number of hydrogen-bond acceptors (Lipinski definition) is 3. The van der Waals surface area contributed by atoms with Gasteiger partial charge in [-0.25, -0.2) is 0 Å². The molecule has 2 aliphatic rings. The molecule has 17 heavy (non-hydrogen) atoms. The van der Waals surface area contributed by atoms with Crippen LogP contribution in [0.25, 0.3) is 0 Å². The van der Waals surface area contributed by atoms with Crippen LogP contribution in [0.1, 0.15) is 46.0 Å². The maximum absolute atomic E-state index is 4.83. The molecule has 1 heterocycles. The van der Waals surface area contributed by atoms with Gasteiger partial charge in [-0.1, -0.05) is 32.0 Å². The van der Waals surface area contributed by atoms with E-state index in [1.54, 1.807) is 0 Å². The summed E-state index contributed by atoms with van der Waals surface area (Å²) >= 11 is 3.92. The molecule has 1 aliphatic carbocycles. The first kappa shape index (κ1) is 13.6. The molecule has 0 aromatic rings. The molecule has 0 unspecified atom stereocenters. The van der Waals surface area contributed by atoms with E-state index in [1.165, 1.54) is 43.0 Å². The SMILES string of the molecule is CCC1(CC)CSC(=NCC2(SC)CCC2)N1. The molecule has 2 rings (SSSR count). The zero-order valence-corrected chi connectivity index (χ0v) is 12.8. The summed E-state index contributed by atoms with van der Waals surface area (Å²) < 4.78 is 0.471. The number of nitrogens with one attached hydrogen (secondary N) is 1. The molecule has 0 atom stereocenters. The van der Waals surface area contributed by atoms with Crippen LogP contribution < -0.4 is 5.32 Å². The fraction of sp³-hybridized carbons (Fsp3) is 0.923. The Hall–Kier alpha value is 0.170. The van der Waals surface area contributed by atoms with E-state index in [0.717, 1.165) is 6.54 Å². The van der Waals surface area contributed by atoms with Crippen LogP contribution >= 0.6 is 23.5 Å². The first-order valence-corrected chi connectivity index (χ1v) is 8.89. The van der Waals surface area contributed by atoms with E-state index in [2.05, 4.69) is 25.4 Å². The standard InChI is InChI=1S/C13H24N2S2/c1-4-12(5-2)10-17-11(15-12)14-9-13(16-3)7-6-8-13/h4-10H2,1-3H3,(H,14,15). The van der Waals surface area contributed by atoms with Gasteiger partial charge < -0.3 is 5.32 Å². The fourth-order valence-electron chi connectivity index (χ4n) is 2.44. The predicted octanol–water partition coefficient (Wildman–Crippen LogP) is 3.52. The normalized spacial score (nSPS) is 27.8. The second-order valence-corrected chi connectivity index (χ2v) is 7.50. The van der Waals surface area contributed by atoms with Crippen molar-refractivity contribution in [1.29, 1.82) is 0 Å². The Labute approximate surface area is 114 Å². The van der Waals surface area contributed by atoms with Gasteiger partial charge in [-0.05, 0) is 31.9 Å². The smallest absolute Gasteiger partial charge is 0.157 e. The lowest BCUT2D eigenvalue weighted by Gasteiger charge is -2.39. The van der Waals surface area contributed by atoms with Gasteiger partial charge in [0, 0.05) is 16.0 Å². The van der Waals surface area contributed by atoms with Crippen LogP contribution in [0, 0.1) is 0 Å². The van der Waals surface area contributed by atoms with Crippen LogP contribution in [-0.4, -0.2) is 34.0 Å². The number of aliphatic imine (C=N–C) groups is 1. The van der Waals surface area contributed by atoms with Gasteiger partial charge in [0.2, 0.25) is 0 Å². The lowest BCUT2D eigenvalue weighted by atomic mass is 9.84. The van der Waals surface area contributed by atoms with E-state index in [1.807, 2.05) is 23.5 Å². The van der Waals surface area contributed by atoms with E-state index in [-0.39, 0.29) is 0 Å². The predicted molar refractivity (Wildman–Crippen MR) is 81.3 cm³/mol. The summed E-state index contributed by atoms with van der Waals surface area (Å²) in [6.07, 6.45) is 8.72. The zero-order valence-electron chi connectivity index (χ0n) is 11.2. The lowest BCUT2D eigenvalue weighted by Crippen LogP contribution is -2.43. The molecular formula is C13H24N2S2. The molecule has 1 N–H and O–H groups in total. The maximum Gasteiger partial charge on any atom is 0.157 e. The van der Waals surface area contributed by atoms with Crippen LogP contribution in [0.4, 0.5) is 0 Å². The molecule has 0 aromatic heterocycles. The van der Waals surface area contributed by atoms with Crippen LogP contribution in [0.15, 0.2) is 4.99 Å². The molecule has 0 radical (unpaired) electrons. The average molecular weight is 272 g/mol. The molecular weight excluding hydrogens is 248 g/mol. The Morgan fingerprint density at radius 3 is 2.47 bits per heavy atom. The van der Waals surface area contributed by atoms with Crippen molar-refractivity contribution >= 4 is 28.7 Å². The monoisotopic (exact) mass is 272 g/mol. The van der Waals surface area contributed by atoms with Gasteiger partial charge in [0.05, 0.1) is 6.54 Å². The van der Waals surface area contributed by atoms with Crippen LogP contribution in [0.3, 0.4) is 0 Å². The molecule has 2 nitrogen and oxygen atoms in total. The van der Waals surface area contributed by atoms with Crippen LogP contribution in [-0.2, 0) is 0 Å². The highest BCUT2D eigenvalue weighted by molar-refractivity contribution is 8.14. The number of nitrogens with zero attached hydrogens (tertiary/aromatic N) is 1. The summed E-state index contributed by atoms with van der Waals surface area (Å²) in [7, 11) is 0. The van der Waals surface area contributed by atoms with Gasteiger partial charge in [0.25, 0.3) is 0 Å². The summed E-state index contributed by atoms with van der Waals surface area (Å²) in [6, 6.07) is 0. The molecule has 0 aromatic carbocycles. The number of thioether (sulfide) groups is 2. The van der Waals surface area contributed by atoms with Gasteiger partial charge in [-0.15, -0.1) is 0 Å². The molecule has 0 bridgehead atoms. The summed E-state index contributed by atoms with van der Waals surface area (Å²) in [4.78, 5) is 4.83.